The van der Waals surface area contributed by atoms with Crippen molar-refractivity contribution in [1.29, 1.82) is 0 Å². The number of carbonyl (C=O) groups is 2. The number of fused-ring (bicyclic) bond motifs is 1. The van der Waals surface area contributed by atoms with Gasteiger partial charge < -0.3 is 10.6 Å². The second-order valence-electron chi connectivity index (χ2n) is 5.19. The van der Waals surface area contributed by atoms with Gasteiger partial charge in [0.2, 0.25) is 5.91 Å². The number of thiophene rings is 1. The summed E-state index contributed by atoms with van der Waals surface area (Å²) in [6.45, 7) is 1.67. The minimum Gasteiger partial charge on any atom is -0.340 e. The van der Waals surface area contributed by atoms with Crippen molar-refractivity contribution >= 4 is 39.6 Å². The second kappa shape index (κ2) is 6.62. The van der Waals surface area contributed by atoms with Gasteiger partial charge in [0.15, 0.2) is 0 Å². The number of anilines is 1. The van der Waals surface area contributed by atoms with Crippen LogP contribution in [0, 0.1) is 0 Å². The van der Waals surface area contributed by atoms with Crippen LogP contribution < -0.4 is 10.6 Å². The highest BCUT2D eigenvalue weighted by Crippen LogP contribution is 2.23. The van der Waals surface area contributed by atoms with Gasteiger partial charge in [-0.05, 0) is 29.8 Å². The van der Waals surface area contributed by atoms with Crippen molar-refractivity contribution in [2.45, 2.75) is 13.0 Å². The van der Waals surface area contributed by atoms with Gasteiger partial charge in [0.1, 0.15) is 6.04 Å². The van der Waals surface area contributed by atoms with Crippen LogP contribution in [0.2, 0.25) is 0 Å². The summed E-state index contributed by atoms with van der Waals surface area (Å²) in [6, 6.07) is 16.5. The van der Waals surface area contributed by atoms with Crippen molar-refractivity contribution in [2.75, 3.05) is 5.32 Å². The first-order valence-corrected chi connectivity index (χ1v) is 8.16. The molecule has 0 aliphatic heterocycles. The maximum Gasteiger partial charge on any atom is 0.261 e. The Morgan fingerprint density at radius 2 is 1.78 bits per heavy atom. The third kappa shape index (κ3) is 3.40. The van der Waals surface area contributed by atoms with Crippen molar-refractivity contribution in [2.24, 2.45) is 0 Å². The molecule has 1 aromatic heterocycles. The van der Waals surface area contributed by atoms with E-state index in [-0.39, 0.29) is 11.8 Å². The molecule has 0 saturated carbocycles. The zero-order valence-electron chi connectivity index (χ0n) is 12.6. The average molecular weight is 324 g/mol. The standard InChI is InChI=1S/C18H16N2O2S/c1-12(19-18(22)16-10-5-11-23-16)17(21)20-15-9-4-7-13-6-2-3-8-14(13)15/h2-12H,1H3,(H,19,22)(H,20,21). The zero-order chi connectivity index (χ0) is 16.2. The van der Waals surface area contributed by atoms with Crippen molar-refractivity contribution in [3.8, 4) is 0 Å². The Balaban J connectivity index is 1.72. The fraction of sp³-hybridized carbons (Fsp3) is 0.111. The van der Waals surface area contributed by atoms with E-state index in [0.29, 0.717) is 4.88 Å². The molecule has 0 saturated heterocycles. The zero-order valence-corrected chi connectivity index (χ0v) is 13.4. The maximum atomic E-state index is 12.3. The summed E-state index contributed by atoms with van der Waals surface area (Å²) in [5.74, 6) is -0.480. The fourth-order valence-electron chi connectivity index (χ4n) is 2.32. The molecule has 4 nitrogen and oxygen atoms in total. The predicted molar refractivity (Wildman–Crippen MR) is 93.8 cm³/mol. The van der Waals surface area contributed by atoms with E-state index >= 15 is 0 Å². The predicted octanol–water partition coefficient (Wildman–Crippen LogP) is 3.66. The molecule has 2 amide bonds. The summed E-state index contributed by atoms with van der Waals surface area (Å²) in [5, 5.41) is 9.45. The molecule has 0 spiro atoms. The number of rotatable bonds is 4. The van der Waals surface area contributed by atoms with Crippen LogP contribution in [0.3, 0.4) is 0 Å². The molecule has 116 valence electrons. The smallest absolute Gasteiger partial charge is 0.261 e. The number of amides is 2. The Morgan fingerprint density at radius 1 is 1.00 bits per heavy atom. The van der Waals surface area contributed by atoms with Crippen LogP contribution in [0.15, 0.2) is 60.0 Å². The summed E-state index contributed by atoms with van der Waals surface area (Å²) in [5.41, 5.74) is 0.741. The van der Waals surface area contributed by atoms with Gasteiger partial charge in [0, 0.05) is 11.1 Å². The lowest BCUT2D eigenvalue weighted by atomic mass is 10.1. The highest BCUT2D eigenvalue weighted by atomic mass is 32.1. The lowest BCUT2D eigenvalue weighted by Gasteiger charge is -2.15. The number of hydrogen-bond donors (Lipinski definition) is 2. The first-order valence-electron chi connectivity index (χ1n) is 7.28. The fourth-order valence-corrected chi connectivity index (χ4v) is 2.94. The lowest BCUT2D eigenvalue weighted by molar-refractivity contribution is -0.117. The van der Waals surface area contributed by atoms with Crippen molar-refractivity contribution in [3.63, 3.8) is 0 Å². The third-order valence-corrected chi connectivity index (χ3v) is 4.40. The molecule has 2 aromatic carbocycles. The Labute approximate surface area is 138 Å². The molecule has 1 heterocycles. The molecule has 5 heteroatoms. The molecule has 1 unspecified atom stereocenters. The van der Waals surface area contributed by atoms with Gasteiger partial charge in [-0.1, -0.05) is 42.5 Å². The van der Waals surface area contributed by atoms with Gasteiger partial charge in [-0.3, -0.25) is 9.59 Å². The first kappa shape index (κ1) is 15.2. The van der Waals surface area contributed by atoms with Gasteiger partial charge in [-0.25, -0.2) is 0 Å². The Bertz CT molecular complexity index is 838. The summed E-state index contributed by atoms with van der Waals surface area (Å²) >= 11 is 1.35. The van der Waals surface area contributed by atoms with Crippen LogP contribution in [0.4, 0.5) is 5.69 Å². The summed E-state index contributed by atoms with van der Waals surface area (Å²) in [4.78, 5) is 24.9. The van der Waals surface area contributed by atoms with E-state index in [9.17, 15) is 9.59 Å². The second-order valence-corrected chi connectivity index (χ2v) is 6.14. The van der Waals surface area contributed by atoms with Crippen molar-refractivity contribution in [3.05, 3.63) is 64.9 Å². The molecule has 3 rings (SSSR count). The first-order chi connectivity index (χ1) is 11.1. The Hall–Kier alpha value is -2.66. The molecule has 0 radical (unpaired) electrons. The molecule has 0 aliphatic rings. The number of nitrogens with one attached hydrogen (secondary N) is 2. The van der Waals surface area contributed by atoms with Gasteiger partial charge in [-0.15, -0.1) is 11.3 Å². The third-order valence-electron chi connectivity index (χ3n) is 3.53. The maximum absolute atomic E-state index is 12.3. The topological polar surface area (TPSA) is 58.2 Å². The quantitative estimate of drug-likeness (QED) is 0.769. The van der Waals surface area contributed by atoms with E-state index in [2.05, 4.69) is 10.6 Å². The van der Waals surface area contributed by atoms with E-state index in [1.165, 1.54) is 11.3 Å². The van der Waals surface area contributed by atoms with Crippen LogP contribution in [-0.4, -0.2) is 17.9 Å². The minimum absolute atomic E-state index is 0.236. The molecule has 0 fully saturated rings. The molecule has 2 N–H and O–H groups in total. The number of hydrogen-bond acceptors (Lipinski definition) is 3. The minimum atomic E-state index is -0.622. The molecule has 3 aromatic rings. The van der Waals surface area contributed by atoms with Crippen molar-refractivity contribution < 1.29 is 9.59 Å². The lowest BCUT2D eigenvalue weighted by Crippen LogP contribution is -2.41. The van der Waals surface area contributed by atoms with Gasteiger partial charge >= 0.3 is 0 Å². The molecule has 0 aliphatic carbocycles. The summed E-state index contributed by atoms with van der Waals surface area (Å²) in [7, 11) is 0. The highest BCUT2D eigenvalue weighted by Gasteiger charge is 2.17. The van der Waals surface area contributed by atoms with Crippen LogP contribution >= 0.6 is 11.3 Å². The van der Waals surface area contributed by atoms with Crippen molar-refractivity contribution in [1.82, 2.24) is 5.32 Å². The van der Waals surface area contributed by atoms with Gasteiger partial charge in [-0.2, -0.15) is 0 Å². The van der Waals surface area contributed by atoms with E-state index in [4.69, 9.17) is 0 Å². The van der Waals surface area contributed by atoms with Crippen LogP contribution in [0.1, 0.15) is 16.6 Å². The Kier molecular flexibility index (Phi) is 4.39. The monoisotopic (exact) mass is 324 g/mol. The van der Waals surface area contributed by atoms with Crippen LogP contribution in [0.5, 0.6) is 0 Å². The number of benzene rings is 2. The molecular formula is C18H16N2O2S. The average Bonchev–Trinajstić information content (AvgIpc) is 3.09. The summed E-state index contributed by atoms with van der Waals surface area (Å²) in [6.07, 6.45) is 0. The molecule has 0 bridgehead atoms. The SMILES string of the molecule is CC(NC(=O)c1cccs1)C(=O)Nc1cccc2ccccc12. The van der Waals surface area contributed by atoms with Gasteiger partial charge in [0.25, 0.3) is 5.91 Å². The summed E-state index contributed by atoms with van der Waals surface area (Å²) < 4.78 is 0. The van der Waals surface area contributed by atoms with Gasteiger partial charge in [0.05, 0.1) is 4.88 Å². The van der Waals surface area contributed by atoms with E-state index in [1.807, 2.05) is 47.8 Å². The van der Waals surface area contributed by atoms with Crippen LogP contribution in [-0.2, 0) is 4.79 Å². The highest BCUT2D eigenvalue weighted by molar-refractivity contribution is 7.12. The van der Waals surface area contributed by atoms with E-state index in [1.54, 1.807) is 19.1 Å². The van der Waals surface area contributed by atoms with E-state index < -0.39 is 6.04 Å². The Morgan fingerprint density at radius 3 is 2.57 bits per heavy atom. The number of carbonyl (C=O) groups excluding carboxylic acids is 2. The van der Waals surface area contributed by atoms with E-state index in [0.717, 1.165) is 16.5 Å². The van der Waals surface area contributed by atoms with Crippen LogP contribution in [0.25, 0.3) is 10.8 Å². The molecule has 23 heavy (non-hydrogen) atoms. The molecular weight excluding hydrogens is 308 g/mol. The normalized spacial score (nSPS) is 11.9. The largest absolute Gasteiger partial charge is 0.340 e. The molecule has 1 atom stereocenters.